The molecular formula is C36H30O6. The van der Waals surface area contributed by atoms with Crippen LogP contribution in [0.25, 0.3) is 32.3 Å². The molecule has 0 atom stereocenters. The third-order valence-corrected chi connectivity index (χ3v) is 8.13. The highest BCUT2D eigenvalue weighted by atomic mass is 16.5. The Kier molecular flexibility index (Phi) is 6.88. The molecule has 6 nitrogen and oxygen atoms in total. The zero-order valence-electron chi connectivity index (χ0n) is 23.0. The summed E-state index contributed by atoms with van der Waals surface area (Å²) in [5.41, 5.74) is 3.87. The van der Waals surface area contributed by atoms with E-state index in [9.17, 15) is 15.3 Å². The van der Waals surface area contributed by atoms with Gasteiger partial charge in [-0.2, -0.15) is 0 Å². The normalized spacial score (nSPS) is 14.6. The van der Waals surface area contributed by atoms with Gasteiger partial charge in [-0.3, -0.25) is 0 Å². The van der Waals surface area contributed by atoms with Crippen molar-refractivity contribution in [2.75, 3.05) is 0 Å². The predicted octanol–water partition coefficient (Wildman–Crippen LogP) is 7.73. The molecule has 1 heterocycles. The molecule has 7 rings (SSSR count). The van der Waals surface area contributed by atoms with Crippen molar-refractivity contribution >= 4 is 32.3 Å². The van der Waals surface area contributed by atoms with Crippen molar-refractivity contribution in [1.82, 2.24) is 0 Å². The van der Waals surface area contributed by atoms with Crippen molar-refractivity contribution in [3.05, 3.63) is 124 Å². The van der Waals surface area contributed by atoms with Gasteiger partial charge < -0.3 is 29.5 Å². The van der Waals surface area contributed by atoms with Gasteiger partial charge in [-0.25, -0.2) is 0 Å². The van der Waals surface area contributed by atoms with Crippen molar-refractivity contribution in [3.63, 3.8) is 0 Å². The van der Waals surface area contributed by atoms with Crippen LogP contribution >= 0.6 is 0 Å². The average Bonchev–Trinajstić information content (AvgIpc) is 3.01. The van der Waals surface area contributed by atoms with Crippen LogP contribution in [-0.4, -0.2) is 15.3 Å². The number of hydrogen-bond donors (Lipinski definition) is 3. The fourth-order valence-electron chi connectivity index (χ4n) is 5.98. The highest BCUT2D eigenvalue weighted by Gasteiger charge is 2.19. The second-order valence-electron chi connectivity index (χ2n) is 10.7. The average molecular weight is 559 g/mol. The van der Waals surface area contributed by atoms with Crippen molar-refractivity contribution < 1.29 is 29.5 Å². The van der Waals surface area contributed by atoms with Gasteiger partial charge in [-0.05, 0) is 50.5 Å². The summed E-state index contributed by atoms with van der Waals surface area (Å²) in [4.78, 5) is 0. The third-order valence-electron chi connectivity index (χ3n) is 8.13. The van der Waals surface area contributed by atoms with Gasteiger partial charge >= 0.3 is 0 Å². The van der Waals surface area contributed by atoms with Gasteiger partial charge in [0, 0.05) is 33.4 Å². The monoisotopic (exact) mass is 558 g/mol. The Labute approximate surface area is 242 Å². The lowest BCUT2D eigenvalue weighted by molar-refractivity contribution is 0.0945. The van der Waals surface area contributed by atoms with Crippen LogP contribution in [0.5, 0.6) is 17.2 Å². The Morgan fingerprint density at radius 1 is 0.381 bits per heavy atom. The first kappa shape index (κ1) is 26.3. The van der Waals surface area contributed by atoms with Crippen LogP contribution in [0.15, 0.2) is 91.0 Å². The van der Waals surface area contributed by atoms with Crippen LogP contribution in [0.2, 0.25) is 0 Å². The van der Waals surface area contributed by atoms with E-state index in [1.807, 2.05) is 91.0 Å². The Morgan fingerprint density at radius 2 is 0.667 bits per heavy atom. The van der Waals surface area contributed by atoms with Crippen molar-refractivity contribution in [3.8, 4) is 17.2 Å². The molecule has 0 radical (unpaired) electrons. The lowest BCUT2D eigenvalue weighted by Crippen LogP contribution is -2.04. The minimum Gasteiger partial charge on any atom is -0.507 e. The quantitative estimate of drug-likeness (QED) is 0.177. The van der Waals surface area contributed by atoms with Crippen LogP contribution in [0.1, 0.15) is 33.4 Å². The Balaban J connectivity index is 1.37. The van der Waals surface area contributed by atoms with E-state index in [1.54, 1.807) is 0 Å². The van der Waals surface area contributed by atoms with Gasteiger partial charge in [0.1, 0.15) is 17.2 Å². The van der Waals surface area contributed by atoms with Gasteiger partial charge in [-0.1, -0.05) is 72.8 Å². The van der Waals surface area contributed by atoms with Crippen molar-refractivity contribution in [1.29, 1.82) is 0 Å². The van der Waals surface area contributed by atoms with Crippen molar-refractivity contribution in [2.45, 2.75) is 39.6 Å². The Morgan fingerprint density at radius 3 is 0.976 bits per heavy atom. The maximum absolute atomic E-state index is 11.4. The number of aromatic hydroxyl groups is 3. The van der Waals surface area contributed by atoms with Gasteiger partial charge in [0.05, 0.1) is 39.6 Å². The fourth-order valence-corrected chi connectivity index (χ4v) is 5.98. The molecule has 0 fully saturated rings. The Hall–Kier alpha value is -4.62. The SMILES string of the molecule is Oc1c2cc3ccccc3c1COCc1cc3ccccc3c(c1O)COCc1cc3ccccc3c(c1O)COC2. The van der Waals surface area contributed by atoms with Crippen molar-refractivity contribution in [2.24, 2.45) is 0 Å². The largest absolute Gasteiger partial charge is 0.507 e. The number of hydrogen-bond acceptors (Lipinski definition) is 6. The summed E-state index contributed by atoms with van der Waals surface area (Å²) >= 11 is 0. The summed E-state index contributed by atoms with van der Waals surface area (Å²) in [6, 6.07) is 29.3. The molecular weight excluding hydrogens is 528 g/mol. The summed E-state index contributed by atoms with van der Waals surface area (Å²) < 4.78 is 18.4. The molecule has 210 valence electrons. The van der Waals surface area contributed by atoms with Crippen LogP contribution in [0.4, 0.5) is 0 Å². The first-order valence-electron chi connectivity index (χ1n) is 14.0. The predicted molar refractivity (Wildman–Crippen MR) is 162 cm³/mol. The van der Waals surface area contributed by atoms with E-state index in [-0.39, 0.29) is 56.9 Å². The molecule has 1 aliphatic heterocycles. The molecule has 6 aromatic carbocycles. The molecule has 0 saturated heterocycles. The summed E-state index contributed by atoms with van der Waals surface area (Å²) in [6.45, 7) is 0.871. The number of ether oxygens (including phenoxy) is 3. The number of benzene rings is 6. The third kappa shape index (κ3) is 4.69. The van der Waals surface area contributed by atoms with E-state index in [2.05, 4.69) is 0 Å². The highest BCUT2D eigenvalue weighted by Crippen LogP contribution is 2.37. The number of rotatable bonds is 0. The molecule has 42 heavy (non-hydrogen) atoms. The molecule has 0 amide bonds. The summed E-state index contributed by atoms with van der Waals surface area (Å²) in [6.07, 6.45) is 0. The van der Waals surface area contributed by atoms with Gasteiger partial charge in [0.25, 0.3) is 0 Å². The minimum atomic E-state index is 0.120. The van der Waals surface area contributed by atoms with E-state index in [1.165, 1.54) is 0 Å². The molecule has 1 aliphatic rings. The molecule has 3 N–H and O–H groups in total. The summed E-state index contributed by atoms with van der Waals surface area (Å²) in [7, 11) is 0. The van der Waals surface area contributed by atoms with Crippen LogP contribution in [0, 0.1) is 0 Å². The fraction of sp³-hybridized carbons (Fsp3) is 0.167. The van der Waals surface area contributed by atoms with Crippen LogP contribution in [-0.2, 0) is 53.9 Å². The second-order valence-corrected chi connectivity index (χ2v) is 10.7. The molecule has 6 heteroatoms. The van der Waals surface area contributed by atoms with Gasteiger partial charge in [-0.15, -0.1) is 0 Å². The zero-order valence-corrected chi connectivity index (χ0v) is 23.0. The maximum atomic E-state index is 11.4. The van der Waals surface area contributed by atoms with Crippen LogP contribution in [0.3, 0.4) is 0 Å². The first-order valence-corrected chi connectivity index (χ1v) is 14.0. The second kappa shape index (κ2) is 11.0. The van der Waals surface area contributed by atoms with E-state index in [4.69, 9.17) is 14.2 Å². The van der Waals surface area contributed by atoms with E-state index < -0.39 is 0 Å². The topological polar surface area (TPSA) is 88.4 Å². The van der Waals surface area contributed by atoms with E-state index in [0.717, 1.165) is 32.3 Å². The molecule has 6 bridgehead atoms. The molecule has 0 saturated carbocycles. The number of phenolic OH excluding ortho intramolecular Hbond substituents is 3. The van der Waals surface area contributed by atoms with E-state index >= 15 is 0 Å². The van der Waals surface area contributed by atoms with Crippen LogP contribution < -0.4 is 0 Å². The van der Waals surface area contributed by atoms with Gasteiger partial charge in [0.2, 0.25) is 0 Å². The molecule has 0 aliphatic carbocycles. The molecule has 6 aromatic rings. The molecule has 0 aromatic heterocycles. The molecule has 0 spiro atoms. The number of fused-ring (bicyclic) bond motifs is 12. The smallest absolute Gasteiger partial charge is 0.127 e. The van der Waals surface area contributed by atoms with E-state index in [0.29, 0.717) is 33.4 Å². The standard InChI is InChI=1S/C36H30O6/c37-34-25-13-22-7-1-4-10-28(22)31(34)19-41-17-26-14-23-8-3-6-12-30(23)33(35(26)38)21-42-18-27-15-24-9-2-5-11-29(24)32(36(27)39)20-40-16-25/h1-15,37-39H,16-21H2. The summed E-state index contributed by atoms with van der Waals surface area (Å²) in [5.74, 6) is 0.360. The minimum absolute atomic E-state index is 0.120. The Bertz CT molecular complexity index is 1740. The number of phenols is 3. The molecule has 0 unspecified atom stereocenters. The lowest BCUT2D eigenvalue weighted by Gasteiger charge is -2.18. The maximum Gasteiger partial charge on any atom is 0.127 e. The van der Waals surface area contributed by atoms with Gasteiger partial charge in [0.15, 0.2) is 0 Å². The first-order chi connectivity index (χ1) is 20.6. The highest BCUT2D eigenvalue weighted by molar-refractivity contribution is 5.90. The zero-order chi connectivity index (χ0) is 28.6. The summed E-state index contributed by atoms with van der Waals surface area (Å²) in [5, 5.41) is 39.7. The lowest BCUT2D eigenvalue weighted by atomic mass is 9.98.